The van der Waals surface area contributed by atoms with Gasteiger partial charge in [-0.3, -0.25) is 9.59 Å². The minimum Gasteiger partial charge on any atom is -0.497 e. The SMILES string of the molecule is C=CC1CC1(NC(=O)C1CC(n2nc(-c3ccc(OC)cc3)c(-c3cccc(Br)c3)n2)CN1C(=O)C(NC(=O)OC(C)(C)C)C(C)(C)C)C(=O)O. The van der Waals surface area contributed by atoms with Gasteiger partial charge in [0.05, 0.1) is 13.2 Å². The smallest absolute Gasteiger partial charge is 0.408 e. The summed E-state index contributed by atoms with van der Waals surface area (Å²) < 4.78 is 11.7. The van der Waals surface area contributed by atoms with Gasteiger partial charge >= 0.3 is 12.1 Å². The molecule has 0 bridgehead atoms. The van der Waals surface area contributed by atoms with E-state index in [1.807, 2.05) is 48.5 Å². The van der Waals surface area contributed by atoms with E-state index in [2.05, 4.69) is 33.1 Å². The van der Waals surface area contributed by atoms with Crippen molar-refractivity contribution in [3.8, 4) is 28.3 Å². The molecule has 2 fully saturated rings. The van der Waals surface area contributed by atoms with Gasteiger partial charge in [-0.15, -0.1) is 6.58 Å². The standard InChI is InChI=1S/C37H45BrN6O7/c1-9-23-19-37(23,33(47)48)40-31(45)27-18-25(20-43(27)32(46)30(35(2,3)4)39-34(49)51-36(5,6)7)44-41-28(21-13-15-26(50-8)16-14-21)29(42-44)22-11-10-12-24(38)17-22/h9-17,23,25,27,30H,1,18-20H2,2-8H3,(H,39,49)(H,40,45)(H,47,48). The molecule has 5 rings (SSSR count). The first-order valence-electron chi connectivity index (χ1n) is 16.7. The highest BCUT2D eigenvalue weighted by molar-refractivity contribution is 9.10. The lowest BCUT2D eigenvalue weighted by Crippen LogP contribution is -2.59. The second-order valence-electron chi connectivity index (χ2n) is 15.1. The molecule has 2 aromatic carbocycles. The number of hydrogen-bond acceptors (Lipinski definition) is 8. The summed E-state index contributed by atoms with van der Waals surface area (Å²) in [5.41, 5.74) is -0.376. The summed E-state index contributed by atoms with van der Waals surface area (Å²) in [6, 6.07) is 12.3. The van der Waals surface area contributed by atoms with Crippen LogP contribution in [0, 0.1) is 11.3 Å². The summed E-state index contributed by atoms with van der Waals surface area (Å²) in [5.74, 6) is -2.10. The van der Waals surface area contributed by atoms with Crippen molar-refractivity contribution in [2.24, 2.45) is 11.3 Å². The number of halogens is 1. The number of benzene rings is 2. The first kappa shape index (κ1) is 37.5. The molecular weight excluding hydrogens is 720 g/mol. The lowest BCUT2D eigenvalue weighted by Gasteiger charge is -2.36. The molecule has 2 heterocycles. The summed E-state index contributed by atoms with van der Waals surface area (Å²) in [6.07, 6.45) is 1.01. The van der Waals surface area contributed by atoms with Crippen molar-refractivity contribution in [2.45, 2.75) is 83.6 Å². The number of carbonyl (C=O) groups excluding carboxylic acids is 3. The topological polar surface area (TPSA) is 165 Å². The van der Waals surface area contributed by atoms with E-state index in [1.54, 1.807) is 48.7 Å². The van der Waals surface area contributed by atoms with E-state index in [9.17, 15) is 24.3 Å². The average Bonchev–Trinajstić information content (AvgIpc) is 3.36. The van der Waals surface area contributed by atoms with Crippen LogP contribution in [-0.4, -0.2) is 85.8 Å². The Bertz CT molecular complexity index is 1830. The number of aromatic nitrogens is 3. The normalized spacial score (nSPS) is 22.1. The summed E-state index contributed by atoms with van der Waals surface area (Å²) >= 11 is 3.54. The van der Waals surface area contributed by atoms with Gasteiger partial charge < -0.3 is 30.1 Å². The van der Waals surface area contributed by atoms with Crippen LogP contribution in [0.2, 0.25) is 0 Å². The van der Waals surface area contributed by atoms with Crippen LogP contribution in [0.4, 0.5) is 4.79 Å². The Labute approximate surface area is 305 Å². The van der Waals surface area contributed by atoms with Gasteiger partial charge in [-0.1, -0.05) is 54.9 Å². The van der Waals surface area contributed by atoms with Gasteiger partial charge in [-0.05, 0) is 69.0 Å². The minimum absolute atomic E-state index is 0.0130. The third-order valence-electron chi connectivity index (χ3n) is 9.08. The number of carbonyl (C=O) groups is 4. The number of ether oxygens (including phenoxy) is 2. The molecule has 0 spiro atoms. The molecule has 14 heteroatoms. The van der Waals surface area contributed by atoms with Crippen molar-refractivity contribution in [3.63, 3.8) is 0 Å². The van der Waals surface area contributed by atoms with Gasteiger partial charge in [0.1, 0.15) is 40.4 Å². The van der Waals surface area contributed by atoms with Crippen LogP contribution in [-0.2, 0) is 19.1 Å². The molecule has 3 N–H and O–H groups in total. The quantitative estimate of drug-likeness (QED) is 0.223. The first-order valence-corrected chi connectivity index (χ1v) is 17.5. The number of alkyl carbamates (subject to hydrolysis) is 1. The van der Waals surface area contributed by atoms with Gasteiger partial charge in [0.25, 0.3) is 0 Å². The Morgan fingerprint density at radius 2 is 1.69 bits per heavy atom. The monoisotopic (exact) mass is 764 g/mol. The Kier molecular flexibility index (Phi) is 10.4. The van der Waals surface area contributed by atoms with E-state index in [-0.39, 0.29) is 19.4 Å². The van der Waals surface area contributed by atoms with Crippen LogP contribution in [0.25, 0.3) is 22.5 Å². The second-order valence-corrected chi connectivity index (χ2v) is 16.0. The number of nitrogens with one attached hydrogen (secondary N) is 2. The zero-order valence-electron chi connectivity index (χ0n) is 29.9. The van der Waals surface area contributed by atoms with Crippen molar-refractivity contribution >= 4 is 39.8 Å². The lowest BCUT2D eigenvalue weighted by molar-refractivity contribution is -0.146. The summed E-state index contributed by atoms with van der Waals surface area (Å²) in [4.78, 5) is 56.8. The maximum atomic E-state index is 14.5. The Morgan fingerprint density at radius 3 is 2.22 bits per heavy atom. The highest BCUT2D eigenvalue weighted by Crippen LogP contribution is 2.45. The molecule has 1 saturated heterocycles. The Balaban J connectivity index is 1.55. The molecule has 1 saturated carbocycles. The van der Waals surface area contributed by atoms with E-state index >= 15 is 0 Å². The molecule has 13 nitrogen and oxygen atoms in total. The van der Waals surface area contributed by atoms with E-state index < -0.39 is 64.5 Å². The van der Waals surface area contributed by atoms with Crippen molar-refractivity contribution in [2.75, 3.05) is 13.7 Å². The molecule has 1 aliphatic carbocycles. The fourth-order valence-corrected chi connectivity index (χ4v) is 6.69. The fourth-order valence-electron chi connectivity index (χ4n) is 6.29. The summed E-state index contributed by atoms with van der Waals surface area (Å²) in [6.45, 7) is 14.3. The second kappa shape index (κ2) is 14.1. The van der Waals surface area contributed by atoms with Crippen molar-refractivity contribution < 1.29 is 33.8 Å². The highest BCUT2D eigenvalue weighted by atomic mass is 79.9. The van der Waals surface area contributed by atoms with Crippen LogP contribution >= 0.6 is 15.9 Å². The van der Waals surface area contributed by atoms with Crippen LogP contribution in [0.15, 0.2) is 65.7 Å². The maximum absolute atomic E-state index is 14.5. The average molecular weight is 766 g/mol. The van der Waals surface area contributed by atoms with Crippen molar-refractivity contribution in [3.05, 3.63) is 65.7 Å². The number of carboxylic acids is 1. The largest absolute Gasteiger partial charge is 0.497 e. The number of likely N-dealkylation sites (tertiary alicyclic amines) is 1. The minimum atomic E-state index is -1.51. The Morgan fingerprint density at radius 1 is 1.04 bits per heavy atom. The molecule has 5 atom stereocenters. The van der Waals surface area contributed by atoms with Crippen molar-refractivity contribution in [1.29, 1.82) is 0 Å². The molecule has 0 radical (unpaired) electrons. The van der Waals surface area contributed by atoms with Gasteiger partial charge in [0, 0.05) is 34.5 Å². The van der Waals surface area contributed by atoms with E-state index in [1.165, 1.54) is 15.8 Å². The molecule has 2 aliphatic rings. The molecule has 1 aromatic heterocycles. The van der Waals surface area contributed by atoms with Gasteiger partial charge in [0.15, 0.2) is 0 Å². The third-order valence-corrected chi connectivity index (χ3v) is 9.58. The third kappa shape index (κ3) is 8.11. The van der Waals surface area contributed by atoms with Crippen LogP contribution in [0.1, 0.15) is 60.4 Å². The fraction of sp³-hybridized carbons (Fsp3) is 0.459. The number of amides is 3. The highest BCUT2D eigenvalue weighted by Gasteiger charge is 2.61. The Hall–Kier alpha value is -4.72. The number of carboxylic acid groups (broad SMARTS) is 1. The number of nitrogens with zero attached hydrogens (tertiary/aromatic N) is 4. The molecule has 3 amide bonds. The first-order chi connectivity index (χ1) is 23.9. The molecule has 3 aromatic rings. The van der Waals surface area contributed by atoms with E-state index in [4.69, 9.17) is 19.7 Å². The zero-order chi connectivity index (χ0) is 37.5. The summed E-state index contributed by atoms with van der Waals surface area (Å²) in [5, 5.41) is 25.3. The maximum Gasteiger partial charge on any atom is 0.408 e. The molecular formula is C37H45BrN6O7. The summed E-state index contributed by atoms with van der Waals surface area (Å²) in [7, 11) is 1.59. The molecule has 1 aliphatic heterocycles. The zero-order valence-corrected chi connectivity index (χ0v) is 31.5. The predicted octanol–water partition coefficient (Wildman–Crippen LogP) is 5.61. The van der Waals surface area contributed by atoms with Gasteiger partial charge in [-0.25, -0.2) is 9.59 Å². The predicted molar refractivity (Wildman–Crippen MR) is 194 cm³/mol. The van der Waals surface area contributed by atoms with Crippen LogP contribution in [0.5, 0.6) is 5.75 Å². The van der Waals surface area contributed by atoms with E-state index in [0.29, 0.717) is 17.1 Å². The number of rotatable bonds is 10. The van der Waals surface area contributed by atoms with Gasteiger partial charge in [-0.2, -0.15) is 15.0 Å². The van der Waals surface area contributed by atoms with E-state index in [0.717, 1.165) is 15.6 Å². The molecule has 51 heavy (non-hydrogen) atoms. The van der Waals surface area contributed by atoms with Crippen molar-refractivity contribution in [1.82, 2.24) is 30.5 Å². The number of aliphatic carboxylic acids is 1. The van der Waals surface area contributed by atoms with Crippen LogP contribution < -0.4 is 15.4 Å². The molecule has 272 valence electrons. The number of methoxy groups -OCH3 is 1. The number of hydrogen-bond donors (Lipinski definition) is 3. The van der Waals surface area contributed by atoms with Gasteiger partial charge in [0.2, 0.25) is 11.8 Å². The van der Waals surface area contributed by atoms with Crippen LogP contribution in [0.3, 0.4) is 0 Å². The molecule has 5 unspecified atom stereocenters. The lowest BCUT2D eigenvalue weighted by atomic mass is 9.85.